The van der Waals surface area contributed by atoms with Gasteiger partial charge in [-0.15, -0.1) is 0 Å². The van der Waals surface area contributed by atoms with Crippen LogP contribution in [-0.4, -0.2) is 17.8 Å². The lowest BCUT2D eigenvalue weighted by molar-refractivity contribution is 0.591. The predicted octanol–water partition coefficient (Wildman–Crippen LogP) is 4.39. The fourth-order valence-corrected chi connectivity index (χ4v) is 4.27. The van der Waals surface area contributed by atoms with E-state index in [0.717, 1.165) is 22.5 Å². The molecule has 0 saturated heterocycles. The molecule has 0 aliphatic heterocycles. The van der Waals surface area contributed by atoms with E-state index in [9.17, 15) is 12.8 Å². The van der Waals surface area contributed by atoms with Crippen LogP contribution in [0.3, 0.4) is 0 Å². The highest BCUT2D eigenvalue weighted by Crippen LogP contribution is 2.24. The van der Waals surface area contributed by atoms with E-state index in [4.69, 9.17) is 0 Å². The van der Waals surface area contributed by atoms with E-state index < -0.39 is 21.6 Å². The van der Waals surface area contributed by atoms with Crippen LogP contribution in [0.25, 0.3) is 16.9 Å². The molecule has 0 unspecified atom stereocenters. The minimum atomic E-state index is -3.76. The number of pyridine rings is 1. The van der Waals surface area contributed by atoms with Gasteiger partial charge in [0.25, 0.3) is 0 Å². The van der Waals surface area contributed by atoms with Crippen molar-refractivity contribution >= 4 is 21.4 Å². The van der Waals surface area contributed by atoms with Gasteiger partial charge in [0.2, 0.25) is 10.0 Å². The van der Waals surface area contributed by atoms with Gasteiger partial charge in [-0.3, -0.25) is 4.72 Å². The summed E-state index contributed by atoms with van der Waals surface area (Å²) in [7, 11) is -3.76. The molecule has 0 bridgehead atoms. The lowest BCUT2D eigenvalue weighted by atomic mass is 10.1. The van der Waals surface area contributed by atoms with Crippen molar-refractivity contribution in [3.05, 3.63) is 90.0 Å². The first-order valence-corrected chi connectivity index (χ1v) is 10.4. The molecular weight excluding hydrogens is 377 g/mol. The van der Waals surface area contributed by atoms with Crippen molar-refractivity contribution in [2.75, 3.05) is 4.72 Å². The fourth-order valence-electron chi connectivity index (χ4n) is 3.07. The van der Waals surface area contributed by atoms with E-state index in [1.807, 2.05) is 41.9 Å². The molecule has 7 heteroatoms. The number of hydrogen-bond acceptors (Lipinski definition) is 3. The molecule has 0 aliphatic rings. The predicted molar refractivity (Wildman–Crippen MR) is 108 cm³/mol. The normalized spacial score (nSPS) is 11.6. The smallest absolute Gasteiger partial charge is 0.237 e. The number of anilines is 1. The van der Waals surface area contributed by atoms with Crippen LogP contribution in [0.1, 0.15) is 11.1 Å². The van der Waals surface area contributed by atoms with Gasteiger partial charge in [0, 0.05) is 29.2 Å². The SMILES string of the molecule is Cc1cccn2cc(-c3cccc(NS(=O)(=O)Cc4ccccc4F)c3)nc12. The maximum Gasteiger partial charge on any atom is 0.237 e. The van der Waals surface area contributed by atoms with Crippen molar-refractivity contribution in [2.45, 2.75) is 12.7 Å². The van der Waals surface area contributed by atoms with Gasteiger partial charge in [-0.05, 0) is 36.8 Å². The van der Waals surface area contributed by atoms with Crippen LogP contribution < -0.4 is 4.72 Å². The molecule has 28 heavy (non-hydrogen) atoms. The summed E-state index contributed by atoms with van der Waals surface area (Å²) in [5, 5.41) is 0. The number of imidazole rings is 1. The topological polar surface area (TPSA) is 63.5 Å². The van der Waals surface area contributed by atoms with Crippen molar-refractivity contribution in [3.8, 4) is 11.3 Å². The average molecular weight is 395 g/mol. The molecule has 5 nitrogen and oxygen atoms in total. The number of aromatic nitrogens is 2. The number of fused-ring (bicyclic) bond motifs is 1. The van der Waals surface area contributed by atoms with Gasteiger partial charge in [0.15, 0.2) is 0 Å². The summed E-state index contributed by atoms with van der Waals surface area (Å²) in [6.45, 7) is 1.99. The average Bonchev–Trinajstić information content (AvgIpc) is 3.09. The Kier molecular flexibility index (Phi) is 4.60. The summed E-state index contributed by atoms with van der Waals surface area (Å²) in [6, 6.07) is 16.8. The monoisotopic (exact) mass is 395 g/mol. The van der Waals surface area contributed by atoms with Gasteiger partial charge in [-0.25, -0.2) is 17.8 Å². The Morgan fingerprint density at radius 3 is 2.68 bits per heavy atom. The summed E-state index contributed by atoms with van der Waals surface area (Å²) in [5.74, 6) is -0.973. The third-order valence-electron chi connectivity index (χ3n) is 4.41. The maximum absolute atomic E-state index is 13.8. The highest BCUT2D eigenvalue weighted by atomic mass is 32.2. The molecule has 0 atom stereocenters. The van der Waals surface area contributed by atoms with Gasteiger partial charge in [0.1, 0.15) is 11.5 Å². The van der Waals surface area contributed by atoms with E-state index in [2.05, 4.69) is 9.71 Å². The minimum Gasteiger partial charge on any atom is -0.306 e. The minimum absolute atomic E-state index is 0.127. The standard InChI is InChI=1S/C21H18FN3O2S/c1-15-6-5-11-25-13-20(23-21(15)25)16-8-4-9-18(12-16)24-28(26,27)14-17-7-2-3-10-19(17)22/h2-13,24H,14H2,1H3. The summed E-state index contributed by atoms with van der Waals surface area (Å²) in [6.07, 6.45) is 3.81. The second-order valence-electron chi connectivity index (χ2n) is 6.58. The zero-order valence-electron chi connectivity index (χ0n) is 15.1. The Labute approximate surface area is 162 Å². The zero-order chi connectivity index (χ0) is 19.7. The summed E-state index contributed by atoms with van der Waals surface area (Å²) in [5.41, 5.74) is 3.96. The molecule has 0 spiro atoms. The Balaban J connectivity index is 1.61. The molecule has 2 aromatic heterocycles. The van der Waals surface area contributed by atoms with Gasteiger partial charge in [0.05, 0.1) is 11.4 Å². The highest BCUT2D eigenvalue weighted by Gasteiger charge is 2.15. The number of rotatable bonds is 5. The van der Waals surface area contributed by atoms with Crippen molar-refractivity contribution < 1.29 is 12.8 Å². The van der Waals surface area contributed by atoms with Crippen LogP contribution in [-0.2, 0) is 15.8 Å². The number of aryl methyl sites for hydroxylation is 1. The largest absolute Gasteiger partial charge is 0.306 e. The van der Waals surface area contributed by atoms with Gasteiger partial charge < -0.3 is 4.40 Å². The van der Waals surface area contributed by atoms with Crippen LogP contribution in [0.15, 0.2) is 73.1 Å². The van der Waals surface area contributed by atoms with Crippen LogP contribution in [0.2, 0.25) is 0 Å². The molecule has 142 valence electrons. The molecule has 2 heterocycles. The fraction of sp³-hybridized carbons (Fsp3) is 0.0952. The van der Waals surface area contributed by atoms with Crippen molar-refractivity contribution in [1.29, 1.82) is 0 Å². The number of nitrogens with zero attached hydrogens (tertiary/aromatic N) is 2. The zero-order valence-corrected chi connectivity index (χ0v) is 15.9. The second-order valence-corrected chi connectivity index (χ2v) is 8.30. The van der Waals surface area contributed by atoms with Crippen molar-refractivity contribution in [1.82, 2.24) is 9.38 Å². The van der Waals surface area contributed by atoms with Crippen molar-refractivity contribution in [3.63, 3.8) is 0 Å². The van der Waals surface area contributed by atoms with E-state index >= 15 is 0 Å². The Morgan fingerprint density at radius 2 is 1.89 bits per heavy atom. The third kappa shape index (κ3) is 3.75. The Hall–Kier alpha value is -3.19. The Morgan fingerprint density at radius 1 is 1.07 bits per heavy atom. The summed E-state index contributed by atoms with van der Waals surface area (Å²) >= 11 is 0. The van der Waals surface area contributed by atoms with Gasteiger partial charge in [-0.1, -0.05) is 36.4 Å². The van der Waals surface area contributed by atoms with Crippen LogP contribution >= 0.6 is 0 Å². The molecule has 0 radical (unpaired) electrons. The first kappa shape index (κ1) is 18.2. The van der Waals surface area contributed by atoms with Gasteiger partial charge >= 0.3 is 0 Å². The molecule has 2 aromatic carbocycles. The van der Waals surface area contributed by atoms with Crippen LogP contribution in [0, 0.1) is 12.7 Å². The first-order chi connectivity index (χ1) is 13.4. The molecule has 0 saturated carbocycles. The number of hydrogen-bond donors (Lipinski definition) is 1. The maximum atomic E-state index is 13.8. The molecule has 4 aromatic rings. The first-order valence-electron chi connectivity index (χ1n) is 8.70. The quantitative estimate of drug-likeness (QED) is 0.545. The van der Waals surface area contributed by atoms with E-state index in [-0.39, 0.29) is 5.56 Å². The number of halogens is 1. The molecule has 1 N–H and O–H groups in total. The molecule has 0 amide bonds. The molecule has 0 fully saturated rings. The number of benzene rings is 2. The molecule has 0 aliphatic carbocycles. The number of nitrogens with one attached hydrogen (secondary N) is 1. The third-order valence-corrected chi connectivity index (χ3v) is 5.65. The highest BCUT2D eigenvalue weighted by molar-refractivity contribution is 7.91. The van der Waals surface area contributed by atoms with E-state index in [1.165, 1.54) is 18.2 Å². The molecular formula is C21H18FN3O2S. The van der Waals surface area contributed by atoms with Crippen molar-refractivity contribution in [2.24, 2.45) is 0 Å². The van der Waals surface area contributed by atoms with Crippen LogP contribution in [0.4, 0.5) is 10.1 Å². The molecule has 4 rings (SSSR count). The lowest BCUT2D eigenvalue weighted by Gasteiger charge is -2.09. The Bertz CT molecular complexity index is 1270. The summed E-state index contributed by atoms with van der Waals surface area (Å²) in [4.78, 5) is 4.64. The second kappa shape index (κ2) is 7.09. The van der Waals surface area contributed by atoms with E-state index in [0.29, 0.717) is 5.69 Å². The number of sulfonamides is 1. The summed E-state index contributed by atoms with van der Waals surface area (Å²) < 4.78 is 43.1. The van der Waals surface area contributed by atoms with Crippen LogP contribution in [0.5, 0.6) is 0 Å². The lowest BCUT2D eigenvalue weighted by Crippen LogP contribution is -2.15. The van der Waals surface area contributed by atoms with Gasteiger partial charge in [-0.2, -0.15) is 0 Å². The van der Waals surface area contributed by atoms with E-state index in [1.54, 1.807) is 24.3 Å².